The Hall–Kier alpha value is -1.68. The molecule has 0 aromatic carbocycles. The van der Waals surface area contributed by atoms with Crippen molar-refractivity contribution in [3.8, 4) is 11.4 Å². The molecule has 1 aliphatic heterocycles. The fraction of sp³-hybridized carbons (Fsp3) is 0.357. The zero-order valence-electron chi connectivity index (χ0n) is 12.1. The summed E-state index contributed by atoms with van der Waals surface area (Å²) < 4.78 is 2.93. The number of hydrogen-bond acceptors (Lipinski definition) is 5. The van der Waals surface area contributed by atoms with Gasteiger partial charge in [0, 0.05) is 38.4 Å². The molecule has 2 aromatic rings. The maximum Gasteiger partial charge on any atom is 0.253 e. The van der Waals surface area contributed by atoms with Gasteiger partial charge in [-0.3, -0.25) is 4.79 Å². The molecule has 0 spiro atoms. The third-order valence-corrected chi connectivity index (χ3v) is 4.42. The van der Waals surface area contributed by atoms with E-state index in [1.165, 1.54) is 0 Å². The number of nitrogens with one attached hydrogen (secondary N) is 2. The van der Waals surface area contributed by atoms with Crippen LogP contribution in [-0.2, 0) is 13.5 Å². The fourth-order valence-corrected chi connectivity index (χ4v) is 3.09. The number of halogens is 1. The van der Waals surface area contributed by atoms with E-state index in [9.17, 15) is 4.79 Å². The van der Waals surface area contributed by atoms with E-state index >= 15 is 0 Å². The molecule has 2 aromatic heterocycles. The molecule has 3 heterocycles. The van der Waals surface area contributed by atoms with Crippen molar-refractivity contribution in [1.82, 2.24) is 19.9 Å². The van der Waals surface area contributed by atoms with Crippen LogP contribution in [0.15, 0.2) is 12.3 Å². The molecule has 22 heavy (non-hydrogen) atoms. The number of aliphatic hydroxyl groups excluding tert-OH is 1. The van der Waals surface area contributed by atoms with Gasteiger partial charge in [0.15, 0.2) is 0 Å². The summed E-state index contributed by atoms with van der Waals surface area (Å²) in [5, 5.41) is 14.7. The average molecular weight is 413 g/mol. The highest BCUT2D eigenvalue weighted by Gasteiger charge is 2.24. The Morgan fingerprint density at radius 3 is 3.09 bits per heavy atom. The molecule has 0 aliphatic carbocycles. The molecule has 3 rings (SSSR count). The van der Waals surface area contributed by atoms with Crippen molar-refractivity contribution in [2.24, 2.45) is 7.05 Å². The first-order valence-corrected chi connectivity index (χ1v) is 8.04. The van der Waals surface area contributed by atoms with Crippen LogP contribution in [0.25, 0.3) is 11.4 Å². The third-order valence-electron chi connectivity index (χ3n) is 3.63. The van der Waals surface area contributed by atoms with Gasteiger partial charge in [0.05, 0.1) is 21.4 Å². The van der Waals surface area contributed by atoms with E-state index in [0.29, 0.717) is 24.6 Å². The van der Waals surface area contributed by atoms with E-state index in [1.807, 2.05) is 17.7 Å². The molecule has 0 atom stereocenters. The highest BCUT2D eigenvalue weighted by molar-refractivity contribution is 14.1. The van der Waals surface area contributed by atoms with Gasteiger partial charge in [-0.1, -0.05) is 0 Å². The van der Waals surface area contributed by atoms with Gasteiger partial charge in [-0.2, -0.15) is 0 Å². The van der Waals surface area contributed by atoms with E-state index in [4.69, 9.17) is 5.11 Å². The van der Waals surface area contributed by atoms with Crippen LogP contribution in [-0.4, -0.2) is 45.2 Å². The molecule has 3 N–H and O–H groups in total. The van der Waals surface area contributed by atoms with Crippen LogP contribution in [0.4, 0.5) is 5.95 Å². The zero-order chi connectivity index (χ0) is 15.7. The van der Waals surface area contributed by atoms with Crippen LogP contribution < -0.4 is 10.6 Å². The van der Waals surface area contributed by atoms with Crippen LogP contribution in [0.2, 0.25) is 0 Å². The van der Waals surface area contributed by atoms with Crippen molar-refractivity contribution < 1.29 is 9.90 Å². The van der Waals surface area contributed by atoms with E-state index < -0.39 is 0 Å². The van der Waals surface area contributed by atoms with Crippen molar-refractivity contribution in [3.05, 3.63) is 27.1 Å². The van der Waals surface area contributed by atoms with E-state index in [-0.39, 0.29) is 12.5 Å². The largest absolute Gasteiger partial charge is 0.395 e. The first kappa shape index (κ1) is 15.2. The van der Waals surface area contributed by atoms with Gasteiger partial charge in [-0.25, -0.2) is 9.97 Å². The van der Waals surface area contributed by atoms with Crippen LogP contribution in [0.3, 0.4) is 0 Å². The number of anilines is 1. The van der Waals surface area contributed by atoms with Crippen molar-refractivity contribution in [1.29, 1.82) is 0 Å². The van der Waals surface area contributed by atoms with Crippen LogP contribution in [0.1, 0.15) is 16.1 Å². The quantitative estimate of drug-likeness (QED) is 0.645. The summed E-state index contributed by atoms with van der Waals surface area (Å²) in [6, 6.07) is 1.88. The van der Waals surface area contributed by atoms with Gasteiger partial charge < -0.3 is 20.3 Å². The number of carbonyl (C=O) groups excluding carboxylic acids is 1. The third kappa shape index (κ3) is 2.68. The predicted octanol–water partition coefficient (Wildman–Crippen LogP) is 0.777. The topological polar surface area (TPSA) is 92.1 Å². The highest BCUT2D eigenvalue weighted by atomic mass is 127. The minimum Gasteiger partial charge on any atom is -0.395 e. The summed E-state index contributed by atoms with van der Waals surface area (Å²) in [5.41, 5.74) is 3.41. The molecular weight excluding hydrogens is 397 g/mol. The Bertz CT molecular complexity index is 728. The number of aromatic nitrogens is 3. The Balaban J connectivity index is 2.06. The lowest BCUT2D eigenvalue weighted by molar-refractivity contribution is 0.0945. The first-order chi connectivity index (χ1) is 10.6. The van der Waals surface area contributed by atoms with Gasteiger partial charge >= 0.3 is 0 Å². The maximum absolute atomic E-state index is 12.0. The molecule has 0 fully saturated rings. The molecule has 0 saturated carbocycles. The summed E-state index contributed by atoms with van der Waals surface area (Å²) in [4.78, 5) is 20.7. The second kappa shape index (κ2) is 6.21. The minimum atomic E-state index is -0.0363. The Kier molecular flexibility index (Phi) is 4.30. The minimum absolute atomic E-state index is 0.0172. The molecule has 0 radical (unpaired) electrons. The summed E-state index contributed by atoms with van der Waals surface area (Å²) in [7, 11) is 1.95. The summed E-state index contributed by atoms with van der Waals surface area (Å²) in [6.07, 6.45) is 2.55. The monoisotopic (exact) mass is 413 g/mol. The molecule has 7 nitrogen and oxygen atoms in total. The van der Waals surface area contributed by atoms with Gasteiger partial charge in [-0.15, -0.1) is 0 Å². The number of amides is 1. The number of fused-ring (bicyclic) bond motifs is 1. The molecule has 0 unspecified atom stereocenters. The maximum atomic E-state index is 12.0. The molecule has 8 heteroatoms. The van der Waals surface area contributed by atoms with Gasteiger partial charge in [0.2, 0.25) is 5.95 Å². The average Bonchev–Trinajstić information content (AvgIpc) is 2.85. The number of nitrogens with zero attached hydrogens (tertiary/aromatic N) is 3. The highest BCUT2D eigenvalue weighted by Crippen LogP contribution is 2.29. The van der Waals surface area contributed by atoms with Crippen LogP contribution in [0, 0.1) is 3.57 Å². The first-order valence-electron chi connectivity index (χ1n) is 6.96. The lowest BCUT2D eigenvalue weighted by atomic mass is 10.1. The van der Waals surface area contributed by atoms with Crippen molar-refractivity contribution in [3.63, 3.8) is 0 Å². The molecule has 1 amide bonds. The summed E-state index contributed by atoms with van der Waals surface area (Å²) >= 11 is 2.18. The molecule has 0 saturated heterocycles. The van der Waals surface area contributed by atoms with Crippen molar-refractivity contribution in [2.75, 3.05) is 25.0 Å². The molecule has 116 valence electrons. The summed E-state index contributed by atoms with van der Waals surface area (Å²) in [6.45, 7) is 1.07. The van der Waals surface area contributed by atoms with Gasteiger partial charge in [0.25, 0.3) is 5.91 Å². The number of rotatable bonds is 4. The van der Waals surface area contributed by atoms with Crippen molar-refractivity contribution >= 4 is 34.4 Å². The fourth-order valence-electron chi connectivity index (χ4n) is 2.56. The predicted molar refractivity (Wildman–Crippen MR) is 90.8 cm³/mol. The normalized spacial score (nSPS) is 13.7. The molecule has 0 bridgehead atoms. The van der Waals surface area contributed by atoms with Crippen molar-refractivity contribution in [2.45, 2.75) is 6.42 Å². The van der Waals surface area contributed by atoms with E-state index in [1.54, 1.807) is 6.20 Å². The second-order valence-electron chi connectivity index (χ2n) is 5.00. The number of carbonyl (C=O) groups is 1. The van der Waals surface area contributed by atoms with Gasteiger partial charge in [-0.05, 0) is 28.7 Å². The molecular formula is C14H16IN5O2. The number of hydrogen-bond donors (Lipinski definition) is 3. The molecule has 1 aliphatic rings. The second-order valence-corrected chi connectivity index (χ2v) is 6.16. The Morgan fingerprint density at radius 1 is 1.55 bits per heavy atom. The van der Waals surface area contributed by atoms with Crippen LogP contribution in [0.5, 0.6) is 0 Å². The Labute approximate surface area is 141 Å². The lowest BCUT2D eigenvalue weighted by Gasteiger charge is -2.14. The van der Waals surface area contributed by atoms with E-state index in [2.05, 4.69) is 43.2 Å². The SMILES string of the molecule is Cn1c(-c2nc(NCCO)ncc2I)cc2c1CCNC2=O. The van der Waals surface area contributed by atoms with E-state index in [0.717, 1.165) is 27.1 Å². The smallest absolute Gasteiger partial charge is 0.253 e. The number of aliphatic hydroxyl groups is 1. The zero-order valence-corrected chi connectivity index (χ0v) is 14.2. The summed E-state index contributed by atoms with van der Waals surface area (Å²) in [5.74, 6) is 0.430. The lowest BCUT2D eigenvalue weighted by Crippen LogP contribution is -2.31. The van der Waals surface area contributed by atoms with Crippen LogP contribution >= 0.6 is 22.6 Å². The Morgan fingerprint density at radius 2 is 2.36 bits per heavy atom. The standard InChI is InChI=1S/C14H16IN5O2/c1-20-10-2-3-16-13(22)8(10)6-11(20)12-9(15)7-18-14(19-12)17-4-5-21/h6-7,21H,2-5H2,1H3,(H,16,22)(H,17,18,19). The van der Waals surface area contributed by atoms with Gasteiger partial charge in [0.1, 0.15) is 5.69 Å².